The molecule has 0 bridgehead atoms. The Labute approximate surface area is 160 Å². The smallest absolute Gasteiger partial charge is 0.411 e. The molecule has 8 heteroatoms. The van der Waals surface area contributed by atoms with Crippen LogP contribution < -0.4 is 10.9 Å². The van der Waals surface area contributed by atoms with Gasteiger partial charge in [-0.15, -0.1) is 0 Å². The first kappa shape index (κ1) is 19.2. The zero-order valence-electron chi connectivity index (χ0n) is 15.7. The van der Waals surface area contributed by atoms with Crippen LogP contribution >= 0.6 is 0 Å². The van der Waals surface area contributed by atoms with E-state index in [-0.39, 0.29) is 18.8 Å². The van der Waals surface area contributed by atoms with Crippen molar-refractivity contribution >= 4 is 28.7 Å². The topological polar surface area (TPSA) is 108 Å². The highest BCUT2D eigenvalue weighted by atomic mass is 16.5. The third kappa shape index (κ3) is 4.22. The molecule has 1 aromatic carbocycles. The molecule has 0 aliphatic rings. The number of amides is 1. The van der Waals surface area contributed by atoms with E-state index in [9.17, 15) is 14.4 Å². The first-order chi connectivity index (χ1) is 13.4. The summed E-state index contributed by atoms with van der Waals surface area (Å²) in [4.78, 5) is 35.7. The second kappa shape index (κ2) is 7.99. The summed E-state index contributed by atoms with van der Waals surface area (Å²) >= 11 is 0. The Kier molecular flexibility index (Phi) is 5.49. The Morgan fingerprint density at radius 2 is 1.86 bits per heavy atom. The summed E-state index contributed by atoms with van der Waals surface area (Å²) in [5, 5.41) is 3.12. The zero-order valence-corrected chi connectivity index (χ0v) is 15.7. The van der Waals surface area contributed by atoms with Crippen molar-refractivity contribution < 1.29 is 27.9 Å². The van der Waals surface area contributed by atoms with E-state index in [0.29, 0.717) is 33.7 Å². The normalized spacial score (nSPS) is 10.7. The van der Waals surface area contributed by atoms with E-state index in [1.807, 2.05) is 0 Å². The molecule has 1 N–H and O–H groups in total. The maximum Gasteiger partial charge on any atom is 0.411 e. The van der Waals surface area contributed by atoms with Crippen molar-refractivity contribution in [3.63, 3.8) is 0 Å². The van der Waals surface area contributed by atoms with Gasteiger partial charge in [-0.3, -0.25) is 5.32 Å². The van der Waals surface area contributed by atoms with Gasteiger partial charge in [0.1, 0.15) is 29.3 Å². The largest absolute Gasteiger partial charge is 0.466 e. The average Bonchev–Trinajstić information content (AvgIpc) is 2.97. The number of hydrogen-bond acceptors (Lipinski definition) is 7. The summed E-state index contributed by atoms with van der Waals surface area (Å²) in [6.45, 7) is 5.23. The fraction of sp³-hybridized carbons (Fsp3) is 0.250. The molecule has 0 spiro atoms. The summed E-state index contributed by atoms with van der Waals surface area (Å²) < 4.78 is 20.7. The van der Waals surface area contributed by atoms with Crippen LogP contribution in [0.1, 0.15) is 34.4 Å². The van der Waals surface area contributed by atoms with Crippen LogP contribution in [0.25, 0.3) is 11.0 Å². The van der Waals surface area contributed by atoms with Crippen LogP contribution in [0, 0.1) is 13.8 Å². The summed E-state index contributed by atoms with van der Waals surface area (Å²) in [6, 6.07) is 7.66. The van der Waals surface area contributed by atoms with Crippen molar-refractivity contribution in [2.75, 3.05) is 11.9 Å². The minimum atomic E-state index is -0.611. The van der Waals surface area contributed by atoms with Crippen LogP contribution in [-0.2, 0) is 16.1 Å². The van der Waals surface area contributed by atoms with Crippen molar-refractivity contribution in [2.45, 2.75) is 27.4 Å². The number of anilines is 1. The van der Waals surface area contributed by atoms with Crippen molar-refractivity contribution in [1.29, 1.82) is 0 Å². The van der Waals surface area contributed by atoms with Gasteiger partial charge in [0.05, 0.1) is 6.61 Å². The van der Waals surface area contributed by atoms with Gasteiger partial charge >= 0.3 is 17.7 Å². The Hall–Kier alpha value is -3.55. The van der Waals surface area contributed by atoms with E-state index < -0.39 is 17.7 Å². The second-order valence-electron chi connectivity index (χ2n) is 6.05. The SMILES string of the molecule is CCOC(=O)Nc1ccc2c(COC(=O)c3cc(C)oc3C)cc(=O)oc2c1. The van der Waals surface area contributed by atoms with Crippen LogP contribution in [-0.4, -0.2) is 18.7 Å². The average molecular weight is 385 g/mol. The lowest BCUT2D eigenvalue weighted by molar-refractivity contribution is 0.0471. The highest BCUT2D eigenvalue weighted by Crippen LogP contribution is 2.23. The molecule has 146 valence electrons. The quantitative estimate of drug-likeness (QED) is 0.524. The Balaban J connectivity index is 1.83. The molecule has 0 aliphatic carbocycles. The summed E-state index contributed by atoms with van der Waals surface area (Å²) in [7, 11) is 0. The highest BCUT2D eigenvalue weighted by molar-refractivity contribution is 5.91. The van der Waals surface area contributed by atoms with Crippen molar-refractivity contribution in [3.05, 3.63) is 63.4 Å². The van der Waals surface area contributed by atoms with Gasteiger partial charge in [0.25, 0.3) is 0 Å². The molecule has 8 nitrogen and oxygen atoms in total. The fourth-order valence-corrected chi connectivity index (χ4v) is 2.77. The van der Waals surface area contributed by atoms with Crippen LogP contribution in [0.5, 0.6) is 0 Å². The number of carbonyl (C=O) groups is 2. The van der Waals surface area contributed by atoms with E-state index >= 15 is 0 Å². The molecule has 1 amide bonds. The monoisotopic (exact) mass is 385 g/mol. The zero-order chi connectivity index (χ0) is 20.3. The number of aryl methyl sites for hydroxylation is 2. The standard InChI is InChI=1S/C20H19NO7/c1-4-25-20(24)21-14-5-6-15-13(8-18(22)28-17(15)9-14)10-26-19(23)16-7-11(2)27-12(16)3/h5-9H,4,10H2,1-3H3,(H,21,24). The summed E-state index contributed by atoms with van der Waals surface area (Å²) in [5.41, 5.74) is 0.893. The molecule has 0 fully saturated rings. The van der Waals surface area contributed by atoms with E-state index in [2.05, 4.69) is 5.32 Å². The third-order valence-electron chi connectivity index (χ3n) is 3.97. The Bertz CT molecular complexity index is 1090. The van der Waals surface area contributed by atoms with Gasteiger partial charge in [-0.25, -0.2) is 14.4 Å². The number of ether oxygens (including phenoxy) is 2. The van der Waals surface area contributed by atoms with Gasteiger partial charge in [0.2, 0.25) is 0 Å². The van der Waals surface area contributed by atoms with Crippen molar-refractivity contribution in [3.8, 4) is 0 Å². The minimum absolute atomic E-state index is 0.116. The molecule has 2 heterocycles. The molecular weight excluding hydrogens is 366 g/mol. The first-order valence-corrected chi connectivity index (χ1v) is 8.62. The van der Waals surface area contributed by atoms with Crippen LogP contribution in [0.4, 0.5) is 10.5 Å². The van der Waals surface area contributed by atoms with Gasteiger partial charge in [0, 0.05) is 28.8 Å². The lowest BCUT2D eigenvalue weighted by Gasteiger charge is -2.09. The molecule has 0 unspecified atom stereocenters. The van der Waals surface area contributed by atoms with Gasteiger partial charge in [-0.2, -0.15) is 0 Å². The number of nitrogens with one attached hydrogen (secondary N) is 1. The van der Waals surface area contributed by atoms with Gasteiger partial charge in [0.15, 0.2) is 0 Å². The Morgan fingerprint density at radius 3 is 2.54 bits per heavy atom. The number of rotatable bonds is 5. The molecule has 28 heavy (non-hydrogen) atoms. The van der Waals surface area contributed by atoms with Gasteiger partial charge < -0.3 is 18.3 Å². The molecular formula is C20H19NO7. The highest BCUT2D eigenvalue weighted by Gasteiger charge is 2.16. The van der Waals surface area contributed by atoms with E-state index in [0.717, 1.165) is 0 Å². The number of furan rings is 1. The van der Waals surface area contributed by atoms with Crippen LogP contribution in [0.3, 0.4) is 0 Å². The predicted octanol–water partition coefficient (Wildman–Crippen LogP) is 3.93. The molecule has 0 saturated carbocycles. The molecule has 3 aromatic rings. The van der Waals surface area contributed by atoms with Crippen LogP contribution in [0.2, 0.25) is 0 Å². The fourth-order valence-electron chi connectivity index (χ4n) is 2.77. The lowest BCUT2D eigenvalue weighted by Crippen LogP contribution is -2.13. The second-order valence-corrected chi connectivity index (χ2v) is 6.05. The van der Waals surface area contributed by atoms with Crippen LogP contribution in [0.15, 0.2) is 44.0 Å². The molecule has 0 saturated heterocycles. The Morgan fingerprint density at radius 1 is 1.07 bits per heavy atom. The maximum absolute atomic E-state index is 12.3. The molecule has 2 aromatic heterocycles. The molecule has 0 aliphatic heterocycles. The van der Waals surface area contributed by atoms with Gasteiger partial charge in [-0.1, -0.05) is 0 Å². The molecule has 0 radical (unpaired) electrons. The van der Waals surface area contributed by atoms with Crippen molar-refractivity contribution in [1.82, 2.24) is 0 Å². The van der Waals surface area contributed by atoms with E-state index in [1.54, 1.807) is 39.0 Å². The lowest BCUT2D eigenvalue weighted by atomic mass is 10.1. The minimum Gasteiger partial charge on any atom is -0.466 e. The molecule has 3 rings (SSSR count). The third-order valence-corrected chi connectivity index (χ3v) is 3.97. The number of fused-ring (bicyclic) bond motifs is 1. The predicted molar refractivity (Wildman–Crippen MR) is 100 cm³/mol. The number of benzene rings is 1. The number of esters is 1. The maximum atomic E-state index is 12.3. The first-order valence-electron chi connectivity index (χ1n) is 8.62. The van der Waals surface area contributed by atoms with E-state index in [4.69, 9.17) is 18.3 Å². The van der Waals surface area contributed by atoms with E-state index in [1.165, 1.54) is 12.1 Å². The molecule has 0 atom stereocenters. The van der Waals surface area contributed by atoms with Gasteiger partial charge in [-0.05, 0) is 39.0 Å². The summed E-state index contributed by atoms with van der Waals surface area (Å²) in [5.74, 6) is 0.530. The summed E-state index contributed by atoms with van der Waals surface area (Å²) in [6.07, 6.45) is -0.611. The van der Waals surface area contributed by atoms with Crippen molar-refractivity contribution in [2.24, 2.45) is 0 Å². The number of carbonyl (C=O) groups excluding carboxylic acids is 2. The number of hydrogen-bond donors (Lipinski definition) is 1.